The van der Waals surface area contributed by atoms with Crippen molar-refractivity contribution in [2.24, 2.45) is 5.92 Å². The molecule has 1 saturated carbocycles. The monoisotopic (exact) mass is 377 g/mol. The Morgan fingerprint density at radius 3 is 2.91 bits per heavy atom. The molecule has 4 rings (SSSR count). The molecule has 122 valence electrons. The smallest absolute Gasteiger partial charge is 0.225 e. The molecule has 1 aliphatic heterocycles. The van der Waals surface area contributed by atoms with Gasteiger partial charge in [-0.05, 0) is 47.3 Å². The van der Waals surface area contributed by atoms with Crippen molar-refractivity contribution in [2.75, 3.05) is 18.4 Å². The van der Waals surface area contributed by atoms with Gasteiger partial charge in [0.1, 0.15) is 16.4 Å². The predicted octanol–water partition coefficient (Wildman–Crippen LogP) is 2.69. The minimum Gasteiger partial charge on any atom is -0.364 e. The Bertz CT molecular complexity index is 724. The van der Waals surface area contributed by atoms with Crippen LogP contribution in [-0.2, 0) is 4.79 Å². The first-order chi connectivity index (χ1) is 11.2. The third-order valence-electron chi connectivity index (χ3n) is 4.95. The number of halogens is 1. The molecule has 2 aliphatic rings. The fourth-order valence-corrected chi connectivity index (χ4v) is 4.13. The quantitative estimate of drug-likeness (QED) is 0.892. The van der Waals surface area contributed by atoms with E-state index in [4.69, 9.17) is 0 Å². The van der Waals surface area contributed by atoms with Gasteiger partial charge in [-0.2, -0.15) is 5.10 Å². The topological polar surface area (TPSA) is 62.5 Å². The first-order valence-corrected chi connectivity index (χ1v) is 9.05. The van der Waals surface area contributed by atoms with Gasteiger partial charge in [0.15, 0.2) is 5.82 Å². The van der Waals surface area contributed by atoms with E-state index in [1.165, 1.54) is 12.8 Å². The average Bonchev–Trinajstić information content (AvgIpc) is 3.29. The summed E-state index contributed by atoms with van der Waals surface area (Å²) >= 11 is 3.47. The van der Waals surface area contributed by atoms with Crippen LogP contribution in [0.4, 0.5) is 5.82 Å². The molecule has 1 amide bonds. The fourth-order valence-electron chi connectivity index (χ4n) is 3.72. The lowest BCUT2D eigenvalue weighted by molar-refractivity contribution is -0.134. The van der Waals surface area contributed by atoms with Gasteiger partial charge in [-0.25, -0.2) is 9.50 Å². The first-order valence-electron chi connectivity index (χ1n) is 8.26. The van der Waals surface area contributed by atoms with Gasteiger partial charge >= 0.3 is 0 Å². The maximum Gasteiger partial charge on any atom is 0.225 e. The highest BCUT2D eigenvalue weighted by molar-refractivity contribution is 9.10. The molecule has 1 atom stereocenters. The summed E-state index contributed by atoms with van der Waals surface area (Å²) < 4.78 is 2.72. The van der Waals surface area contributed by atoms with Gasteiger partial charge in [-0.3, -0.25) is 4.79 Å². The van der Waals surface area contributed by atoms with Crippen LogP contribution in [0.15, 0.2) is 23.1 Å². The minimum absolute atomic E-state index is 0.257. The van der Waals surface area contributed by atoms with E-state index in [1.807, 2.05) is 21.5 Å². The Balaban J connectivity index is 1.44. The van der Waals surface area contributed by atoms with Crippen LogP contribution in [0.1, 0.15) is 32.1 Å². The second-order valence-corrected chi connectivity index (χ2v) is 7.27. The molecule has 1 aliphatic carbocycles. The predicted molar refractivity (Wildman–Crippen MR) is 91.3 cm³/mol. The number of likely N-dealkylation sites (tertiary alicyclic amines) is 1. The van der Waals surface area contributed by atoms with Crippen molar-refractivity contribution in [3.8, 4) is 0 Å². The number of hydrogen-bond donors (Lipinski definition) is 1. The highest BCUT2D eigenvalue weighted by Crippen LogP contribution is 2.28. The largest absolute Gasteiger partial charge is 0.364 e. The standard InChI is InChI=1S/C16H20BrN5O/c17-14-6-5-13-15(18-10-19-22(13)14)20-12-7-8-21(9-12)16(23)11-3-1-2-4-11/h5-6,10-12H,1-4,7-9H2,(H,18,19,20). The van der Waals surface area contributed by atoms with Crippen molar-refractivity contribution >= 4 is 33.2 Å². The molecular weight excluding hydrogens is 358 g/mol. The number of anilines is 1. The van der Waals surface area contributed by atoms with E-state index in [-0.39, 0.29) is 12.0 Å². The molecule has 2 aromatic heterocycles. The van der Waals surface area contributed by atoms with Gasteiger partial charge in [-0.15, -0.1) is 0 Å². The van der Waals surface area contributed by atoms with Gasteiger partial charge in [0.2, 0.25) is 5.91 Å². The van der Waals surface area contributed by atoms with Gasteiger partial charge < -0.3 is 10.2 Å². The lowest BCUT2D eigenvalue weighted by Crippen LogP contribution is -2.35. The molecule has 3 heterocycles. The highest BCUT2D eigenvalue weighted by atomic mass is 79.9. The number of hydrogen-bond acceptors (Lipinski definition) is 4. The lowest BCUT2D eigenvalue weighted by Gasteiger charge is -2.21. The molecule has 0 spiro atoms. The summed E-state index contributed by atoms with van der Waals surface area (Å²) in [5.41, 5.74) is 0.944. The molecule has 2 aromatic rings. The van der Waals surface area contributed by atoms with E-state index >= 15 is 0 Å². The summed E-state index contributed by atoms with van der Waals surface area (Å²) in [4.78, 5) is 18.9. The number of aromatic nitrogens is 3. The molecular formula is C16H20BrN5O. The third kappa shape index (κ3) is 2.82. The van der Waals surface area contributed by atoms with Gasteiger partial charge in [0.25, 0.3) is 0 Å². The van der Waals surface area contributed by atoms with E-state index in [0.717, 1.165) is 48.3 Å². The van der Waals surface area contributed by atoms with E-state index < -0.39 is 0 Å². The summed E-state index contributed by atoms with van der Waals surface area (Å²) in [6.07, 6.45) is 7.06. The van der Waals surface area contributed by atoms with Crippen LogP contribution in [0, 0.1) is 5.92 Å². The number of amides is 1. The van der Waals surface area contributed by atoms with Crippen LogP contribution in [0.3, 0.4) is 0 Å². The Labute approximate surface area is 143 Å². The molecule has 2 fully saturated rings. The normalized spacial score (nSPS) is 22.1. The zero-order valence-electron chi connectivity index (χ0n) is 12.9. The number of fused-ring (bicyclic) bond motifs is 1. The highest BCUT2D eigenvalue weighted by Gasteiger charge is 2.32. The molecule has 0 aromatic carbocycles. The van der Waals surface area contributed by atoms with Gasteiger partial charge in [0, 0.05) is 25.0 Å². The molecule has 1 N–H and O–H groups in total. The second kappa shape index (κ2) is 6.11. The van der Waals surface area contributed by atoms with Crippen LogP contribution < -0.4 is 5.32 Å². The number of carbonyl (C=O) groups excluding carboxylic acids is 1. The Hall–Kier alpha value is -1.63. The molecule has 0 bridgehead atoms. The number of carbonyl (C=O) groups is 1. The maximum atomic E-state index is 12.5. The SMILES string of the molecule is O=C(C1CCCC1)N1CCC(Nc2ncnn3c(Br)ccc23)C1. The maximum absolute atomic E-state index is 12.5. The molecule has 1 unspecified atom stereocenters. The summed E-state index contributed by atoms with van der Waals surface area (Å²) in [5.74, 6) is 1.44. The van der Waals surface area contributed by atoms with Crippen LogP contribution in [0.25, 0.3) is 5.52 Å². The van der Waals surface area contributed by atoms with Crippen molar-refractivity contribution in [1.29, 1.82) is 0 Å². The van der Waals surface area contributed by atoms with Crippen molar-refractivity contribution in [3.05, 3.63) is 23.1 Å². The summed E-state index contributed by atoms with van der Waals surface area (Å²) in [6, 6.07) is 4.20. The molecule has 6 nitrogen and oxygen atoms in total. The van der Waals surface area contributed by atoms with Crippen LogP contribution in [-0.4, -0.2) is 44.5 Å². The first kappa shape index (κ1) is 14.9. The Kier molecular flexibility index (Phi) is 3.97. The van der Waals surface area contributed by atoms with Crippen LogP contribution in [0.2, 0.25) is 0 Å². The summed E-state index contributed by atoms with van der Waals surface area (Å²) in [6.45, 7) is 1.62. The second-order valence-electron chi connectivity index (χ2n) is 6.46. The van der Waals surface area contributed by atoms with Crippen molar-refractivity contribution in [3.63, 3.8) is 0 Å². The molecule has 1 saturated heterocycles. The number of nitrogens with one attached hydrogen (secondary N) is 1. The number of rotatable bonds is 3. The average molecular weight is 378 g/mol. The van der Waals surface area contributed by atoms with Crippen LogP contribution in [0.5, 0.6) is 0 Å². The zero-order valence-corrected chi connectivity index (χ0v) is 14.5. The Morgan fingerprint density at radius 1 is 1.26 bits per heavy atom. The molecule has 23 heavy (non-hydrogen) atoms. The van der Waals surface area contributed by atoms with E-state index in [0.29, 0.717) is 5.91 Å². The fraction of sp³-hybridized carbons (Fsp3) is 0.562. The Morgan fingerprint density at radius 2 is 2.09 bits per heavy atom. The van der Waals surface area contributed by atoms with E-state index in [2.05, 4.69) is 31.3 Å². The summed E-state index contributed by atoms with van der Waals surface area (Å²) in [7, 11) is 0. The zero-order chi connectivity index (χ0) is 15.8. The van der Waals surface area contributed by atoms with Crippen LogP contribution >= 0.6 is 15.9 Å². The van der Waals surface area contributed by atoms with Gasteiger partial charge in [-0.1, -0.05) is 12.8 Å². The van der Waals surface area contributed by atoms with Gasteiger partial charge in [0.05, 0.1) is 0 Å². The minimum atomic E-state index is 0.257. The summed E-state index contributed by atoms with van der Waals surface area (Å²) in [5, 5.41) is 7.71. The molecule has 7 heteroatoms. The van der Waals surface area contributed by atoms with E-state index in [1.54, 1.807) is 6.33 Å². The van der Waals surface area contributed by atoms with Crippen molar-refractivity contribution in [1.82, 2.24) is 19.5 Å². The lowest BCUT2D eigenvalue weighted by atomic mass is 10.1. The molecule has 0 radical (unpaired) electrons. The van der Waals surface area contributed by atoms with E-state index in [9.17, 15) is 4.79 Å². The van der Waals surface area contributed by atoms with Crippen molar-refractivity contribution in [2.45, 2.75) is 38.1 Å². The number of nitrogens with zero attached hydrogens (tertiary/aromatic N) is 4. The van der Waals surface area contributed by atoms with Crippen molar-refractivity contribution < 1.29 is 4.79 Å². The third-order valence-corrected chi connectivity index (χ3v) is 5.55.